The largest absolute Gasteiger partial charge is 0.377 e. The molecule has 7 nitrogen and oxygen atoms in total. The number of anilines is 1. The number of nitrogens with one attached hydrogen (secondary N) is 2. The number of methoxy groups -OCH3 is 1. The predicted octanol–water partition coefficient (Wildman–Crippen LogP) is 4.41. The van der Waals surface area contributed by atoms with Gasteiger partial charge in [0.1, 0.15) is 6.61 Å². The van der Waals surface area contributed by atoms with Crippen molar-refractivity contribution in [2.45, 2.75) is 26.5 Å². The highest BCUT2D eigenvalue weighted by molar-refractivity contribution is 6.06. The van der Waals surface area contributed by atoms with E-state index in [0.717, 1.165) is 16.5 Å². The average molecular weight is 389 g/mol. The molecular weight excluding hydrogens is 366 g/mol. The Morgan fingerprint density at radius 3 is 2.69 bits per heavy atom. The molecule has 0 radical (unpaired) electrons. The van der Waals surface area contributed by atoms with Gasteiger partial charge in [0.15, 0.2) is 11.6 Å². The SMILES string of the molecule is COCc1nc(-c2ccc(NC(=O)c3ccc4c(ccn4C(C)C)c3)cc2)n[nH]1. The molecule has 4 aromatic rings. The van der Waals surface area contributed by atoms with Crippen LogP contribution in [0.3, 0.4) is 0 Å². The standard InChI is InChI=1S/C22H23N5O2/c1-14(2)27-11-10-16-12-17(6-9-19(16)27)22(28)23-18-7-4-15(5-8-18)21-24-20(13-29-3)25-26-21/h4-12,14H,13H2,1-3H3,(H,23,28)(H,24,25,26). The van der Waals surface area contributed by atoms with E-state index in [0.29, 0.717) is 35.5 Å². The molecule has 0 saturated heterocycles. The van der Waals surface area contributed by atoms with Crippen LogP contribution in [0.5, 0.6) is 0 Å². The number of ether oxygens (including phenoxy) is 1. The number of carbonyl (C=O) groups is 1. The number of carbonyl (C=O) groups excluding carboxylic acids is 1. The summed E-state index contributed by atoms with van der Waals surface area (Å²) in [6, 6.07) is 15.6. The van der Waals surface area contributed by atoms with E-state index in [4.69, 9.17) is 4.74 Å². The summed E-state index contributed by atoms with van der Waals surface area (Å²) < 4.78 is 7.23. The third kappa shape index (κ3) is 3.90. The van der Waals surface area contributed by atoms with Crippen LogP contribution < -0.4 is 5.32 Å². The van der Waals surface area contributed by atoms with Crippen LogP contribution in [-0.4, -0.2) is 32.8 Å². The molecule has 0 aliphatic carbocycles. The van der Waals surface area contributed by atoms with Crippen molar-refractivity contribution in [3.8, 4) is 11.4 Å². The lowest BCUT2D eigenvalue weighted by molar-refractivity contribution is 0.102. The molecule has 0 saturated carbocycles. The van der Waals surface area contributed by atoms with Crippen molar-refractivity contribution in [3.05, 3.63) is 66.1 Å². The molecule has 0 fully saturated rings. The second kappa shape index (κ2) is 7.89. The zero-order chi connectivity index (χ0) is 20.4. The van der Waals surface area contributed by atoms with Gasteiger partial charge < -0.3 is 14.6 Å². The summed E-state index contributed by atoms with van der Waals surface area (Å²) in [6.07, 6.45) is 2.05. The number of aromatic amines is 1. The Labute approximate surface area is 168 Å². The Bertz CT molecular complexity index is 1140. The molecule has 0 bridgehead atoms. The van der Waals surface area contributed by atoms with Crippen molar-refractivity contribution in [2.24, 2.45) is 0 Å². The predicted molar refractivity (Wildman–Crippen MR) is 113 cm³/mol. The second-order valence-corrected chi connectivity index (χ2v) is 7.16. The van der Waals surface area contributed by atoms with Gasteiger partial charge in [0, 0.05) is 47.1 Å². The van der Waals surface area contributed by atoms with Gasteiger partial charge in [-0.2, -0.15) is 5.10 Å². The molecule has 0 atom stereocenters. The summed E-state index contributed by atoms with van der Waals surface area (Å²) in [5, 5.41) is 11.0. The fourth-order valence-electron chi connectivity index (χ4n) is 3.29. The third-order valence-corrected chi connectivity index (χ3v) is 4.75. The minimum Gasteiger partial charge on any atom is -0.377 e. The zero-order valence-corrected chi connectivity index (χ0v) is 16.6. The van der Waals surface area contributed by atoms with Crippen molar-refractivity contribution < 1.29 is 9.53 Å². The van der Waals surface area contributed by atoms with Gasteiger partial charge in [0.2, 0.25) is 0 Å². The number of H-pyrrole nitrogens is 1. The van der Waals surface area contributed by atoms with E-state index in [1.54, 1.807) is 7.11 Å². The first-order valence-corrected chi connectivity index (χ1v) is 9.48. The third-order valence-electron chi connectivity index (χ3n) is 4.75. The number of benzene rings is 2. The minimum absolute atomic E-state index is 0.141. The number of hydrogen-bond acceptors (Lipinski definition) is 4. The van der Waals surface area contributed by atoms with E-state index in [1.807, 2.05) is 48.5 Å². The molecule has 2 aromatic carbocycles. The topological polar surface area (TPSA) is 84.8 Å². The molecule has 0 aliphatic rings. The second-order valence-electron chi connectivity index (χ2n) is 7.16. The summed E-state index contributed by atoms with van der Waals surface area (Å²) in [6.45, 7) is 4.66. The summed E-state index contributed by atoms with van der Waals surface area (Å²) in [5.41, 5.74) is 3.32. The van der Waals surface area contributed by atoms with Gasteiger partial charge in [0.05, 0.1) is 0 Å². The van der Waals surface area contributed by atoms with Crippen LogP contribution in [0.1, 0.15) is 36.1 Å². The Kier molecular flexibility index (Phi) is 5.14. The van der Waals surface area contributed by atoms with Gasteiger partial charge in [0.25, 0.3) is 5.91 Å². The summed E-state index contributed by atoms with van der Waals surface area (Å²) in [4.78, 5) is 17.0. The maximum atomic E-state index is 12.7. The maximum absolute atomic E-state index is 12.7. The Morgan fingerprint density at radius 1 is 1.17 bits per heavy atom. The van der Waals surface area contributed by atoms with E-state index in [9.17, 15) is 4.79 Å². The van der Waals surface area contributed by atoms with E-state index >= 15 is 0 Å². The van der Waals surface area contributed by atoms with Crippen LogP contribution in [0, 0.1) is 0 Å². The number of amides is 1. The van der Waals surface area contributed by atoms with Gasteiger partial charge in [-0.25, -0.2) is 4.98 Å². The van der Waals surface area contributed by atoms with Gasteiger partial charge in [-0.15, -0.1) is 0 Å². The van der Waals surface area contributed by atoms with Gasteiger partial charge >= 0.3 is 0 Å². The zero-order valence-electron chi connectivity index (χ0n) is 16.6. The van der Waals surface area contributed by atoms with E-state index < -0.39 is 0 Å². The van der Waals surface area contributed by atoms with Crippen molar-refractivity contribution in [1.29, 1.82) is 0 Å². The van der Waals surface area contributed by atoms with Crippen LogP contribution in [0.15, 0.2) is 54.7 Å². The highest BCUT2D eigenvalue weighted by Gasteiger charge is 2.11. The first kappa shape index (κ1) is 18.9. The van der Waals surface area contributed by atoms with Crippen LogP contribution in [0.25, 0.3) is 22.3 Å². The molecule has 2 heterocycles. The van der Waals surface area contributed by atoms with Crippen molar-refractivity contribution >= 4 is 22.5 Å². The molecule has 2 N–H and O–H groups in total. The summed E-state index contributed by atoms with van der Waals surface area (Å²) >= 11 is 0. The average Bonchev–Trinajstić information content (AvgIpc) is 3.35. The summed E-state index contributed by atoms with van der Waals surface area (Å²) in [7, 11) is 1.61. The number of nitrogens with zero attached hydrogens (tertiary/aromatic N) is 3. The van der Waals surface area contributed by atoms with Gasteiger partial charge in [-0.05, 0) is 62.4 Å². The Hall–Kier alpha value is -3.45. The first-order valence-electron chi connectivity index (χ1n) is 9.48. The molecule has 0 unspecified atom stereocenters. The molecule has 7 heteroatoms. The van der Waals surface area contributed by atoms with Crippen LogP contribution >= 0.6 is 0 Å². The molecule has 2 aromatic heterocycles. The van der Waals surface area contributed by atoms with Crippen LogP contribution in [0.2, 0.25) is 0 Å². The van der Waals surface area contributed by atoms with E-state index in [1.165, 1.54) is 0 Å². The highest BCUT2D eigenvalue weighted by Crippen LogP contribution is 2.23. The Balaban J connectivity index is 1.48. The minimum atomic E-state index is -0.141. The van der Waals surface area contributed by atoms with Crippen LogP contribution in [0.4, 0.5) is 5.69 Å². The summed E-state index contributed by atoms with van der Waals surface area (Å²) in [5.74, 6) is 1.12. The smallest absolute Gasteiger partial charge is 0.255 e. The monoisotopic (exact) mass is 389 g/mol. The fourth-order valence-corrected chi connectivity index (χ4v) is 3.29. The fraction of sp³-hybridized carbons (Fsp3) is 0.227. The molecular formula is C22H23N5O2. The van der Waals surface area contributed by atoms with Crippen molar-refractivity contribution in [2.75, 3.05) is 12.4 Å². The lowest BCUT2D eigenvalue weighted by atomic mass is 10.1. The molecule has 29 heavy (non-hydrogen) atoms. The number of hydrogen-bond donors (Lipinski definition) is 2. The van der Waals surface area contributed by atoms with Gasteiger partial charge in [-0.1, -0.05) is 0 Å². The number of fused-ring (bicyclic) bond motifs is 1. The van der Waals surface area contributed by atoms with Crippen LogP contribution in [-0.2, 0) is 11.3 Å². The molecule has 148 valence electrons. The maximum Gasteiger partial charge on any atom is 0.255 e. The molecule has 4 rings (SSSR count). The Morgan fingerprint density at radius 2 is 1.97 bits per heavy atom. The lowest BCUT2D eigenvalue weighted by Gasteiger charge is -2.10. The molecule has 0 spiro atoms. The van der Waals surface area contributed by atoms with Gasteiger partial charge in [-0.3, -0.25) is 9.89 Å². The number of rotatable bonds is 6. The van der Waals surface area contributed by atoms with E-state index in [2.05, 4.69) is 45.1 Å². The lowest BCUT2D eigenvalue weighted by Crippen LogP contribution is -2.11. The molecule has 0 aliphatic heterocycles. The molecule has 1 amide bonds. The number of aromatic nitrogens is 4. The highest BCUT2D eigenvalue weighted by atomic mass is 16.5. The van der Waals surface area contributed by atoms with Crippen molar-refractivity contribution in [3.63, 3.8) is 0 Å². The van der Waals surface area contributed by atoms with E-state index in [-0.39, 0.29) is 5.91 Å². The quantitative estimate of drug-likeness (QED) is 0.512. The first-order chi connectivity index (χ1) is 14.0. The van der Waals surface area contributed by atoms with Crippen molar-refractivity contribution in [1.82, 2.24) is 19.7 Å². The normalized spacial score (nSPS) is 11.3.